The molecule has 0 aliphatic heterocycles. The summed E-state index contributed by atoms with van der Waals surface area (Å²) in [6.45, 7) is 12.2. The lowest BCUT2D eigenvalue weighted by Gasteiger charge is -2.23. The lowest BCUT2D eigenvalue weighted by atomic mass is 9.80. The highest BCUT2D eigenvalue weighted by Gasteiger charge is 2.37. The van der Waals surface area contributed by atoms with E-state index in [2.05, 4.69) is 58.0 Å². The van der Waals surface area contributed by atoms with Crippen molar-refractivity contribution in [2.24, 2.45) is 0 Å². The Bertz CT molecular complexity index is 1730. The van der Waals surface area contributed by atoms with Gasteiger partial charge in [-0.1, -0.05) is 64.1 Å². The van der Waals surface area contributed by atoms with Crippen molar-refractivity contribution in [2.45, 2.75) is 105 Å². The summed E-state index contributed by atoms with van der Waals surface area (Å²) < 4.78 is 50.5. The Hall–Kier alpha value is -2.95. The van der Waals surface area contributed by atoms with E-state index in [0.29, 0.717) is 22.6 Å². The topological polar surface area (TPSA) is 92.1 Å². The maximum absolute atomic E-state index is 12.9. The molecule has 0 bridgehead atoms. The summed E-state index contributed by atoms with van der Waals surface area (Å²) in [6, 6.07) is 21.8. The number of nitriles is 1. The van der Waals surface area contributed by atoms with Crippen LogP contribution in [-0.2, 0) is 37.9 Å². The summed E-state index contributed by atoms with van der Waals surface area (Å²) >= 11 is 0. The number of rotatable bonds is 11. The molecule has 3 aromatic rings. The highest BCUT2D eigenvalue weighted by atomic mass is 32.2. The number of nitrogens with zero attached hydrogens (tertiary/aromatic N) is 1. The molecule has 2 unspecified atom stereocenters. The van der Waals surface area contributed by atoms with Crippen LogP contribution in [-0.4, -0.2) is 28.3 Å². The van der Waals surface area contributed by atoms with E-state index in [4.69, 9.17) is 0 Å². The van der Waals surface area contributed by atoms with Gasteiger partial charge in [-0.05, 0) is 115 Å². The van der Waals surface area contributed by atoms with Crippen LogP contribution in [0.1, 0.15) is 106 Å². The summed E-state index contributed by atoms with van der Waals surface area (Å²) in [5.74, 6) is 0.352. The van der Waals surface area contributed by atoms with E-state index in [0.717, 1.165) is 46.2 Å². The zero-order valence-corrected chi connectivity index (χ0v) is 27.4. The van der Waals surface area contributed by atoms with Gasteiger partial charge in [0.15, 0.2) is 19.7 Å². The summed E-state index contributed by atoms with van der Waals surface area (Å²) in [5, 5.41) is 9.70. The minimum Gasteiger partial charge on any atom is -0.224 e. The van der Waals surface area contributed by atoms with Crippen LogP contribution >= 0.6 is 0 Å². The van der Waals surface area contributed by atoms with E-state index < -0.39 is 25.1 Å². The standard InChI is InChI=1S/C35H43NO4S2/c1-23(2)29-15-27(18-34(21-29)41(7,37)38)14-25(4)30-16-26(17-31(19-30)35(5,6)22-36)13-24(3)28-9-8-10-33(20-28)42(39,40)32-11-12-32/h8-10,15-21,23-25,32H,11-14H2,1-7H3. The van der Waals surface area contributed by atoms with E-state index >= 15 is 0 Å². The molecule has 0 aromatic heterocycles. The Labute approximate surface area is 252 Å². The van der Waals surface area contributed by atoms with Crippen molar-refractivity contribution in [1.29, 1.82) is 5.26 Å². The zero-order valence-electron chi connectivity index (χ0n) is 25.8. The van der Waals surface area contributed by atoms with Gasteiger partial charge in [0.25, 0.3) is 0 Å². The van der Waals surface area contributed by atoms with Gasteiger partial charge in [0.2, 0.25) is 0 Å². The van der Waals surface area contributed by atoms with Crippen LogP contribution in [0.5, 0.6) is 0 Å². The van der Waals surface area contributed by atoms with Crippen LogP contribution in [0.2, 0.25) is 0 Å². The molecule has 2 atom stereocenters. The Kier molecular flexibility index (Phi) is 9.11. The van der Waals surface area contributed by atoms with Crippen molar-refractivity contribution in [3.05, 3.63) is 94.0 Å². The number of benzene rings is 3. The van der Waals surface area contributed by atoms with Gasteiger partial charge >= 0.3 is 0 Å². The fourth-order valence-corrected chi connectivity index (χ4v) is 7.83. The molecular formula is C35H43NO4S2. The minimum absolute atomic E-state index is 0.0722. The summed E-state index contributed by atoms with van der Waals surface area (Å²) in [6.07, 6.45) is 4.08. The van der Waals surface area contributed by atoms with Gasteiger partial charge in [0.05, 0.1) is 26.5 Å². The molecule has 1 aliphatic carbocycles. The SMILES string of the molecule is CC(C)c1cc(CC(C)c2cc(CC(C)c3cccc(S(=O)(=O)C4CC4)c3)cc(C(C)(C)C#N)c2)cc(S(C)(=O)=O)c1. The summed E-state index contributed by atoms with van der Waals surface area (Å²) in [4.78, 5) is 0.746. The molecule has 1 saturated carbocycles. The quantitative estimate of drug-likeness (QED) is 0.224. The summed E-state index contributed by atoms with van der Waals surface area (Å²) in [7, 11) is -6.61. The molecule has 224 valence electrons. The minimum atomic E-state index is -3.35. The number of sulfone groups is 2. The fraction of sp³-hybridized carbons (Fsp3) is 0.457. The Morgan fingerprint density at radius 2 is 1.36 bits per heavy atom. The molecule has 42 heavy (non-hydrogen) atoms. The van der Waals surface area contributed by atoms with Crippen LogP contribution in [0, 0.1) is 11.3 Å². The second kappa shape index (κ2) is 12.0. The smallest absolute Gasteiger partial charge is 0.181 e. The Morgan fingerprint density at radius 3 is 1.93 bits per heavy atom. The molecule has 0 amide bonds. The van der Waals surface area contributed by atoms with E-state index in [1.807, 2.05) is 32.0 Å². The molecule has 0 saturated heterocycles. The third-order valence-electron chi connectivity index (χ3n) is 8.47. The molecule has 0 spiro atoms. The van der Waals surface area contributed by atoms with Crippen molar-refractivity contribution in [1.82, 2.24) is 0 Å². The van der Waals surface area contributed by atoms with Crippen LogP contribution in [0.4, 0.5) is 0 Å². The first-order valence-corrected chi connectivity index (χ1v) is 18.2. The average Bonchev–Trinajstić information content (AvgIpc) is 3.79. The van der Waals surface area contributed by atoms with Crippen molar-refractivity contribution >= 4 is 19.7 Å². The van der Waals surface area contributed by atoms with Gasteiger partial charge in [-0.25, -0.2) is 16.8 Å². The molecular weight excluding hydrogens is 563 g/mol. The van der Waals surface area contributed by atoms with Crippen molar-refractivity contribution in [3.63, 3.8) is 0 Å². The van der Waals surface area contributed by atoms with Crippen LogP contribution in [0.15, 0.2) is 70.5 Å². The number of hydrogen-bond donors (Lipinski definition) is 0. The van der Waals surface area contributed by atoms with Gasteiger partial charge in [-0.3, -0.25) is 0 Å². The van der Waals surface area contributed by atoms with Gasteiger partial charge in [0, 0.05) is 6.26 Å². The highest BCUT2D eigenvalue weighted by Crippen LogP contribution is 2.36. The average molecular weight is 606 g/mol. The second-order valence-corrected chi connectivity index (χ2v) is 17.3. The van der Waals surface area contributed by atoms with Crippen LogP contribution in [0.3, 0.4) is 0 Å². The Balaban J connectivity index is 1.67. The van der Waals surface area contributed by atoms with Gasteiger partial charge in [-0.15, -0.1) is 0 Å². The summed E-state index contributed by atoms with van der Waals surface area (Å²) in [5.41, 5.74) is 5.40. The second-order valence-electron chi connectivity index (χ2n) is 13.1. The number of hydrogen-bond acceptors (Lipinski definition) is 5. The molecule has 0 heterocycles. The highest BCUT2D eigenvalue weighted by molar-refractivity contribution is 7.92. The van der Waals surface area contributed by atoms with Gasteiger partial charge in [0.1, 0.15) is 0 Å². The maximum atomic E-state index is 12.9. The zero-order chi connectivity index (χ0) is 31.0. The van der Waals surface area contributed by atoms with Crippen molar-refractivity contribution in [2.75, 3.05) is 6.26 Å². The van der Waals surface area contributed by atoms with E-state index in [1.165, 1.54) is 6.26 Å². The fourth-order valence-electron chi connectivity index (χ4n) is 5.41. The molecule has 0 radical (unpaired) electrons. The maximum Gasteiger partial charge on any atom is 0.181 e. The normalized spacial score (nSPS) is 15.8. The lowest BCUT2D eigenvalue weighted by molar-refractivity contribution is 0.594. The molecule has 3 aromatic carbocycles. The molecule has 1 fully saturated rings. The predicted molar refractivity (Wildman–Crippen MR) is 170 cm³/mol. The lowest BCUT2D eigenvalue weighted by Crippen LogP contribution is -2.16. The van der Waals surface area contributed by atoms with E-state index in [9.17, 15) is 22.1 Å². The largest absolute Gasteiger partial charge is 0.224 e. The van der Waals surface area contributed by atoms with Crippen LogP contribution in [0.25, 0.3) is 0 Å². The van der Waals surface area contributed by atoms with Crippen molar-refractivity contribution in [3.8, 4) is 6.07 Å². The Morgan fingerprint density at radius 1 is 0.786 bits per heavy atom. The molecule has 4 rings (SSSR count). The third kappa shape index (κ3) is 7.33. The molecule has 1 aliphatic rings. The predicted octanol–water partition coefficient (Wildman–Crippen LogP) is 7.64. The van der Waals surface area contributed by atoms with E-state index in [-0.39, 0.29) is 23.0 Å². The first-order valence-electron chi connectivity index (χ1n) is 14.7. The molecule has 7 heteroatoms. The first kappa shape index (κ1) is 32.0. The first-order chi connectivity index (χ1) is 19.5. The molecule has 0 N–H and O–H groups in total. The van der Waals surface area contributed by atoms with Crippen molar-refractivity contribution < 1.29 is 16.8 Å². The van der Waals surface area contributed by atoms with E-state index in [1.54, 1.807) is 18.2 Å². The van der Waals surface area contributed by atoms with Gasteiger partial charge < -0.3 is 0 Å². The van der Waals surface area contributed by atoms with Gasteiger partial charge in [-0.2, -0.15) is 5.26 Å². The monoisotopic (exact) mass is 605 g/mol. The molecule has 5 nitrogen and oxygen atoms in total. The van der Waals surface area contributed by atoms with Crippen LogP contribution < -0.4 is 0 Å². The third-order valence-corrected chi connectivity index (χ3v) is 11.8.